The molecule has 1 aliphatic carbocycles. The van der Waals surface area contributed by atoms with Crippen molar-refractivity contribution >= 4 is 11.9 Å². The summed E-state index contributed by atoms with van der Waals surface area (Å²) in [6.07, 6.45) is 3.40. The first kappa shape index (κ1) is 15.1. The first-order chi connectivity index (χ1) is 10.5. The van der Waals surface area contributed by atoms with Crippen LogP contribution >= 0.6 is 0 Å². The van der Waals surface area contributed by atoms with E-state index in [1.54, 1.807) is 4.90 Å². The molecule has 1 aromatic rings. The second-order valence-corrected chi connectivity index (χ2v) is 6.73. The van der Waals surface area contributed by atoms with Gasteiger partial charge < -0.3 is 10.0 Å². The van der Waals surface area contributed by atoms with Gasteiger partial charge in [0.1, 0.15) is 6.04 Å². The van der Waals surface area contributed by atoms with Gasteiger partial charge in [-0.3, -0.25) is 4.79 Å². The second-order valence-electron chi connectivity index (χ2n) is 6.73. The standard InChI is InChI=1S/C18H23NO3/c1-11-5-3-6-12(2)15(11)9-16(20)19-10-13-7-4-8-14(13)17(19)18(21)22/h3,5-6,13-14,17H,4,7-10H2,1-2H3,(H,21,22). The van der Waals surface area contributed by atoms with Gasteiger partial charge >= 0.3 is 5.97 Å². The highest BCUT2D eigenvalue weighted by molar-refractivity contribution is 5.86. The molecule has 1 saturated heterocycles. The van der Waals surface area contributed by atoms with Crippen molar-refractivity contribution < 1.29 is 14.7 Å². The smallest absolute Gasteiger partial charge is 0.326 e. The molecule has 1 aromatic carbocycles. The fraction of sp³-hybridized carbons (Fsp3) is 0.556. The molecular weight excluding hydrogens is 278 g/mol. The number of aliphatic carboxylic acids is 1. The van der Waals surface area contributed by atoms with Crippen molar-refractivity contribution in [1.29, 1.82) is 0 Å². The fourth-order valence-electron chi connectivity index (χ4n) is 4.26. The average Bonchev–Trinajstić information content (AvgIpc) is 3.02. The molecule has 1 saturated carbocycles. The fourth-order valence-corrected chi connectivity index (χ4v) is 4.26. The lowest BCUT2D eigenvalue weighted by Crippen LogP contribution is -2.44. The molecule has 1 N–H and O–H groups in total. The Morgan fingerprint density at radius 3 is 2.55 bits per heavy atom. The Bertz CT molecular complexity index is 590. The second kappa shape index (κ2) is 5.75. The summed E-state index contributed by atoms with van der Waals surface area (Å²) < 4.78 is 0. The maximum atomic E-state index is 12.7. The molecule has 0 bridgehead atoms. The lowest BCUT2D eigenvalue weighted by atomic mass is 9.94. The minimum Gasteiger partial charge on any atom is -0.480 e. The van der Waals surface area contributed by atoms with E-state index < -0.39 is 12.0 Å². The number of likely N-dealkylation sites (tertiary alicyclic amines) is 1. The molecule has 3 rings (SSSR count). The summed E-state index contributed by atoms with van der Waals surface area (Å²) in [4.78, 5) is 26.0. The van der Waals surface area contributed by atoms with E-state index >= 15 is 0 Å². The van der Waals surface area contributed by atoms with Gasteiger partial charge in [0.25, 0.3) is 0 Å². The van der Waals surface area contributed by atoms with Gasteiger partial charge in [-0.2, -0.15) is 0 Å². The minimum absolute atomic E-state index is 0.0424. The Hall–Kier alpha value is -1.84. The molecule has 1 heterocycles. The van der Waals surface area contributed by atoms with Gasteiger partial charge in [0, 0.05) is 6.54 Å². The predicted molar refractivity (Wildman–Crippen MR) is 83.6 cm³/mol. The number of carbonyl (C=O) groups excluding carboxylic acids is 1. The predicted octanol–water partition coefficient (Wildman–Crippen LogP) is 2.56. The Kier molecular flexibility index (Phi) is 3.94. The van der Waals surface area contributed by atoms with Crippen LogP contribution < -0.4 is 0 Å². The van der Waals surface area contributed by atoms with Crippen molar-refractivity contribution in [1.82, 2.24) is 4.90 Å². The molecule has 22 heavy (non-hydrogen) atoms. The molecular formula is C18H23NO3. The van der Waals surface area contributed by atoms with Crippen molar-refractivity contribution in [3.05, 3.63) is 34.9 Å². The Balaban J connectivity index is 1.81. The maximum Gasteiger partial charge on any atom is 0.326 e. The summed E-state index contributed by atoms with van der Waals surface area (Å²) >= 11 is 0. The highest BCUT2D eigenvalue weighted by atomic mass is 16.4. The summed E-state index contributed by atoms with van der Waals surface area (Å²) in [6, 6.07) is 5.37. The summed E-state index contributed by atoms with van der Waals surface area (Å²) in [5.41, 5.74) is 3.23. The van der Waals surface area contributed by atoms with E-state index in [4.69, 9.17) is 0 Å². The highest BCUT2D eigenvalue weighted by Gasteiger charge is 2.49. The zero-order valence-electron chi connectivity index (χ0n) is 13.2. The number of carboxylic acid groups (broad SMARTS) is 1. The number of nitrogens with zero attached hydrogens (tertiary/aromatic N) is 1. The van der Waals surface area contributed by atoms with Crippen LogP contribution in [0.1, 0.15) is 36.0 Å². The van der Waals surface area contributed by atoms with Crippen LogP contribution in [-0.2, 0) is 16.0 Å². The number of hydrogen-bond donors (Lipinski definition) is 1. The van der Waals surface area contributed by atoms with E-state index in [0.29, 0.717) is 18.9 Å². The van der Waals surface area contributed by atoms with Gasteiger partial charge in [-0.05, 0) is 55.2 Å². The third-order valence-electron chi connectivity index (χ3n) is 5.44. The number of amides is 1. The third kappa shape index (κ3) is 2.51. The monoisotopic (exact) mass is 301 g/mol. The third-order valence-corrected chi connectivity index (χ3v) is 5.44. The van der Waals surface area contributed by atoms with Crippen LogP contribution in [0.4, 0.5) is 0 Å². The minimum atomic E-state index is -0.843. The largest absolute Gasteiger partial charge is 0.480 e. The first-order valence-corrected chi connectivity index (χ1v) is 8.06. The van der Waals surface area contributed by atoms with Crippen molar-refractivity contribution in [3.63, 3.8) is 0 Å². The van der Waals surface area contributed by atoms with Crippen LogP contribution in [0, 0.1) is 25.7 Å². The summed E-state index contributed by atoms with van der Waals surface area (Å²) in [6.45, 7) is 4.62. The van der Waals surface area contributed by atoms with Crippen molar-refractivity contribution in [3.8, 4) is 0 Å². The molecule has 2 fully saturated rings. The van der Waals surface area contributed by atoms with E-state index in [0.717, 1.165) is 36.0 Å². The number of aryl methyl sites for hydroxylation is 2. The molecule has 118 valence electrons. The van der Waals surface area contributed by atoms with Crippen LogP contribution in [0.2, 0.25) is 0 Å². The van der Waals surface area contributed by atoms with Crippen LogP contribution in [-0.4, -0.2) is 34.5 Å². The van der Waals surface area contributed by atoms with E-state index in [9.17, 15) is 14.7 Å². The SMILES string of the molecule is Cc1cccc(C)c1CC(=O)N1CC2CCCC2C1C(=O)O. The topological polar surface area (TPSA) is 57.6 Å². The summed E-state index contributed by atoms with van der Waals surface area (Å²) in [5.74, 6) is -0.356. The highest BCUT2D eigenvalue weighted by Crippen LogP contribution is 2.42. The number of fused-ring (bicyclic) bond motifs is 1. The molecule has 3 atom stereocenters. The normalized spacial score (nSPS) is 27.0. The number of carbonyl (C=O) groups is 2. The van der Waals surface area contributed by atoms with Crippen molar-refractivity contribution in [2.24, 2.45) is 11.8 Å². The van der Waals surface area contributed by atoms with Gasteiger partial charge in [-0.15, -0.1) is 0 Å². The molecule has 4 nitrogen and oxygen atoms in total. The Morgan fingerprint density at radius 2 is 1.91 bits per heavy atom. The van der Waals surface area contributed by atoms with Gasteiger partial charge in [-0.25, -0.2) is 4.79 Å². The Morgan fingerprint density at radius 1 is 1.23 bits per heavy atom. The summed E-state index contributed by atoms with van der Waals surface area (Å²) in [7, 11) is 0. The molecule has 1 amide bonds. The average molecular weight is 301 g/mol. The van der Waals surface area contributed by atoms with E-state index in [1.165, 1.54) is 0 Å². The van der Waals surface area contributed by atoms with Crippen LogP contribution in [0.15, 0.2) is 18.2 Å². The Labute approximate surface area is 131 Å². The first-order valence-electron chi connectivity index (χ1n) is 8.06. The van der Waals surface area contributed by atoms with Gasteiger partial charge in [0.2, 0.25) is 5.91 Å². The van der Waals surface area contributed by atoms with E-state index in [1.807, 2.05) is 32.0 Å². The zero-order valence-corrected chi connectivity index (χ0v) is 13.2. The summed E-state index contributed by atoms with van der Waals surface area (Å²) in [5, 5.41) is 9.56. The van der Waals surface area contributed by atoms with Crippen LogP contribution in [0.3, 0.4) is 0 Å². The van der Waals surface area contributed by atoms with Crippen molar-refractivity contribution in [2.75, 3.05) is 6.54 Å². The van der Waals surface area contributed by atoms with Crippen molar-refractivity contribution in [2.45, 2.75) is 45.6 Å². The molecule has 0 spiro atoms. The quantitative estimate of drug-likeness (QED) is 0.933. The number of carboxylic acids is 1. The number of hydrogen-bond acceptors (Lipinski definition) is 2. The molecule has 3 unspecified atom stereocenters. The van der Waals surface area contributed by atoms with Gasteiger partial charge in [0.15, 0.2) is 0 Å². The lowest BCUT2D eigenvalue weighted by molar-refractivity contribution is -0.149. The van der Waals surface area contributed by atoms with Gasteiger partial charge in [-0.1, -0.05) is 24.6 Å². The van der Waals surface area contributed by atoms with Crippen LogP contribution in [0.25, 0.3) is 0 Å². The lowest BCUT2D eigenvalue weighted by Gasteiger charge is -2.25. The van der Waals surface area contributed by atoms with Gasteiger partial charge in [0.05, 0.1) is 6.42 Å². The van der Waals surface area contributed by atoms with E-state index in [2.05, 4.69) is 0 Å². The molecule has 4 heteroatoms. The van der Waals surface area contributed by atoms with Crippen LogP contribution in [0.5, 0.6) is 0 Å². The number of rotatable bonds is 3. The molecule has 0 aromatic heterocycles. The zero-order chi connectivity index (χ0) is 15.9. The maximum absolute atomic E-state index is 12.7. The molecule has 2 aliphatic rings. The molecule has 0 radical (unpaired) electrons. The molecule has 1 aliphatic heterocycles. The number of benzene rings is 1. The van der Waals surface area contributed by atoms with E-state index in [-0.39, 0.29) is 11.8 Å².